The second kappa shape index (κ2) is 21.6. The molecule has 1 atom stereocenters. The molecule has 9 nitrogen and oxygen atoms in total. The van der Waals surface area contributed by atoms with Gasteiger partial charge in [0.05, 0.1) is 26.1 Å². The molecule has 0 aromatic heterocycles. The predicted octanol–water partition coefficient (Wildman–Crippen LogP) is 5.96. The molecule has 0 radical (unpaired) electrons. The minimum atomic E-state index is -0.813. The molecular weight excluding hydrogens is 649 g/mol. The number of phenolic OH excluding ortho intramolecular Hbond substituents is 1. The van der Waals surface area contributed by atoms with Crippen LogP contribution in [0.2, 0.25) is 0 Å². The van der Waals surface area contributed by atoms with E-state index in [1.54, 1.807) is 36.4 Å². The maximum Gasteiger partial charge on any atom is 0.310 e. The number of carbonyl (C=O) groups excluding carboxylic acids is 2. The Morgan fingerprint density at radius 1 is 0.750 bits per heavy atom. The second-order valence-electron chi connectivity index (χ2n) is 12.9. The molecule has 2 saturated heterocycles. The lowest BCUT2D eigenvalue weighted by atomic mass is 9.94. The number of hydrogen-bond acceptors (Lipinski definition) is 11. The first-order chi connectivity index (χ1) is 23.4. The van der Waals surface area contributed by atoms with Gasteiger partial charge < -0.3 is 34.2 Å². The fourth-order valence-electron chi connectivity index (χ4n) is 6.10. The number of carbonyl (C=O) groups is 2. The summed E-state index contributed by atoms with van der Waals surface area (Å²) >= 11 is 0. The van der Waals surface area contributed by atoms with Crippen LogP contribution in [-0.2, 0) is 31.9 Å². The Morgan fingerprint density at radius 3 is 1.62 bits per heavy atom. The molecule has 0 aliphatic carbocycles. The van der Waals surface area contributed by atoms with Gasteiger partial charge in [0.15, 0.2) is 6.29 Å². The molecule has 0 bridgehead atoms. The number of likely N-dealkylation sites (tertiary alicyclic amines) is 2. The van der Waals surface area contributed by atoms with Gasteiger partial charge >= 0.3 is 11.9 Å². The third-order valence-corrected chi connectivity index (χ3v) is 11.6. The summed E-state index contributed by atoms with van der Waals surface area (Å²) in [4.78, 5) is 29.5. The average Bonchev–Trinajstić information content (AvgIpc) is 3.09. The Hall–Kier alpha value is -2.44. The first kappa shape index (κ1) is 38.4. The third-order valence-electron chi connectivity index (χ3n) is 9.24. The van der Waals surface area contributed by atoms with Gasteiger partial charge in [-0.25, -0.2) is 0 Å². The summed E-state index contributed by atoms with van der Waals surface area (Å²) < 4.78 is 16.4. The molecule has 2 fully saturated rings. The lowest BCUT2D eigenvalue weighted by molar-refractivity contribution is -0.144. The van der Waals surface area contributed by atoms with Crippen LogP contribution in [0.15, 0.2) is 48.5 Å². The molecule has 1 unspecified atom stereocenters. The molecule has 2 aromatic carbocycles. The van der Waals surface area contributed by atoms with Crippen molar-refractivity contribution in [1.29, 1.82) is 0 Å². The summed E-state index contributed by atoms with van der Waals surface area (Å²) in [6.45, 7) is 9.58. The molecule has 11 heteroatoms. The van der Waals surface area contributed by atoms with E-state index in [4.69, 9.17) is 14.2 Å². The zero-order valence-electron chi connectivity index (χ0n) is 28.4. The summed E-state index contributed by atoms with van der Waals surface area (Å²) in [5.74, 6) is 3.92. The van der Waals surface area contributed by atoms with Gasteiger partial charge in [-0.3, -0.25) is 9.59 Å². The van der Waals surface area contributed by atoms with E-state index in [0.29, 0.717) is 37.2 Å². The fraction of sp³-hybridized carbons (Fsp3) is 0.622. The quantitative estimate of drug-likeness (QED) is 0.0739. The SMILES string of the molecule is CCC(O)Oc1ccc(CC(=O)OCCC2CCN(CCSSCCN3CCC(CCOC(=O)Cc4ccc(O)cc4)CC3)CC2)cc1. The highest BCUT2D eigenvalue weighted by Crippen LogP contribution is 2.26. The molecule has 2 aliphatic heterocycles. The van der Waals surface area contributed by atoms with Crippen molar-refractivity contribution in [2.24, 2.45) is 11.8 Å². The summed E-state index contributed by atoms with van der Waals surface area (Å²) in [5.41, 5.74) is 1.73. The van der Waals surface area contributed by atoms with Gasteiger partial charge in [0.25, 0.3) is 0 Å². The zero-order valence-corrected chi connectivity index (χ0v) is 30.1. The smallest absolute Gasteiger partial charge is 0.310 e. The molecule has 0 saturated carbocycles. The molecule has 48 heavy (non-hydrogen) atoms. The van der Waals surface area contributed by atoms with Crippen molar-refractivity contribution in [3.05, 3.63) is 59.7 Å². The Morgan fingerprint density at radius 2 is 1.19 bits per heavy atom. The molecule has 4 rings (SSSR count). The van der Waals surface area contributed by atoms with E-state index in [2.05, 4.69) is 9.80 Å². The van der Waals surface area contributed by atoms with Crippen LogP contribution in [-0.4, -0.2) is 102 Å². The van der Waals surface area contributed by atoms with Gasteiger partial charge in [0.2, 0.25) is 0 Å². The van der Waals surface area contributed by atoms with E-state index in [0.717, 1.165) is 74.7 Å². The van der Waals surface area contributed by atoms with E-state index in [1.165, 1.54) is 25.7 Å². The number of aliphatic hydroxyl groups excluding tert-OH is 1. The Kier molecular flexibility index (Phi) is 17.3. The molecule has 2 heterocycles. The number of esters is 2. The number of aromatic hydroxyl groups is 1. The van der Waals surface area contributed by atoms with Crippen molar-refractivity contribution in [3.63, 3.8) is 0 Å². The monoisotopic (exact) mass is 702 g/mol. The van der Waals surface area contributed by atoms with Crippen molar-refractivity contribution in [2.45, 2.75) is 71.0 Å². The molecule has 266 valence electrons. The minimum Gasteiger partial charge on any atom is -0.508 e. The molecule has 2 N–H and O–H groups in total. The third kappa shape index (κ3) is 15.0. The van der Waals surface area contributed by atoms with Crippen LogP contribution in [0.5, 0.6) is 11.5 Å². The van der Waals surface area contributed by atoms with Crippen LogP contribution in [0.25, 0.3) is 0 Å². The van der Waals surface area contributed by atoms with E-state index in [1.807, 2.05) is 40.6 Å². The van der Waals surface area contributed by atoms with Crippen LogP contribution in [0.1, 0.15) is 63.0 Å². The van der Waals surface area contributed by atoms with Crippen LogP contribution in [0.3, 0.4) is 0 Å². The summed E-state index contributed by atoms with van der Waals surface area (Å²) in [6, 6.07) is 13.9. The zero-order chi connectivity index (χ0) is 34.0. The largest absolute Gasteiger partial charge is 0.508 e. The second-order valence-corrected chi connectivity index (χ2v) is 15.6. The lowest BCUT2D eigenvalue weighted by Crippen LogP contribution is -2.36. The number of hydrogen-bond donors (Lipinski definition) is 2. The van der Waals surface area contributed by atoms with Gasteiger partial charge in [-0.1, -0.05) is 52.8 Å². The number of ether oxygens (including phenoxy) is 3. The first-order valence-electron chi connectivity index (χ1n) is 17.6. The Labute approximate surface area is 294 Å². The van der Waals surface area contributed by atoms with Crippen molar-refractivity contribution in [3.8, 4) is 11.5 Å². The lowest BCUT2D eigenvalue weighted by Gasteiger charge is -2.32. The highest BCUT2D eigenvalue weighted by molar-refractivity contribution is 8.76. The molecular formula is C37H54N2O7S2. The summed E-state index contributed by atoms with van der Waals surface area (Å²) in [5, 5.41) is 19.0. The Balaban J connectivity index is 0.934. The molecule has 2 aromatic rings. The van der Waals surface area contributed by atoms with E-state index in [9.17, 15) is 19.8 Å². The summed E-state index contributed by atoms with van der Waals surface area (Å²) in [7, 11) is 3.97. The maximum atomic E-state index is 12.3. The molecule has 2 aliphatic rings. The number of aliphatic hydroxyl groups is 1. The van der Waals surface area contributed by atoms with Gasteiger partial charge in [-0.05, 0) is 112 Å². The minimum absolute atomic E-state index is 0.201. The number of phenols is 1. The first-order valence-corrected chi connectivity index (χ1v) is 20.1. The van der Waals surface area contributed by atoms with E-state index in [-0.39, 0.29) is 30.5 Å². The number of nitrogens with zero attached hydrogens (tertiary/aromatic N) is 2. The number of piperidine rings is 2. The topological polar surface area (TPSA) is 109 Å². The number of benzene rings is 2. The van der Waals surface area contributed by atoms with E-state index < -0.39 is 6.29 Å². The van der Waals surface area contributed by atoms with Crippen molar-refractivity contribution in [2.75, 3.05) is 64.0 Å². The highest BCUT2D eigenvalue weighted by atomic mass is 33.1. The molecule has 0 spiro atoms. The van der Waals surface area contributed by atoms with Gasteiger partial charge in [-0.2, -0.15) is 0 Å². The van der Waals surface area contributed by atoms with Gasteiger partial charge in [-0.15, -0.1) is 0 Å². The van der Waals surface area contributed by atoms with Gasteiger partial charge in [0.1, 0.15) is 11.5 Å². The van der Waals surface area contributed by atoms with Crippen LogP contribution >= 0.6 is 21.6 Å². The highest BCUT2D eigenvalue weighted by Gasteiger charge is 2.21. The normalized spacial score (nSPS) is 17.2. The Bertz CT molecular complexity index is 1200. The average molecular weight is 703 g/mol. The van der Waals surface area contributed by atoms with Gasteiger partial charge in [0, 0.05) is 31.0 Å². The van der Waals surface area contributed by atoms with Crippen molar-refractivity contribution in [1.82, 2.24) is 9.80 Å². The van der Waals surface area contributed by atoms with E-state index >= 15 is 0 Å². The van der Waals surface area contributed by atoms with Crippen molar-refractivity contribution < 1.29 is 34.0 Å². The molecule has 0 amide bonds. The van der Waals surface area contributed by atoms with Crippen LogP contribution in [0, 0.1) is 11.8 Å². The van der Waals surface area contributed by atoms with Crippen molar-refractivity contribution >= 4 is 33.5 Å². The fourth-order valence-corrected chi connectivity index (χ4v) is 8.16. The maximum absolute atomic E-state index is 12.3. The number of rotatable bonds is 20. The van der Waals surface area contributed by atoms with Crippen LogP contribution < -0.4 is 4.74 Å². The predicted molar refractivity (Wildman–Crippen MR) is 193 cm³/mol. The standard InChI is InChI=1S/C37H54N2O7S2/c1-2-35(41)46-34-9-5-32(6-10-34)28-37(43)45-24-16-30-13-19-39(20-14-30)22-26-48-47-25-21-38-17-11-29(12-18-38)15-23-44-36(42)27-31-3-7-33(40)8-4-31/h3-10,29-30,35,40-41H,2,11-28H2,1H3. The summed E-state index contributed by atoms with van der Waals surface area (Å²) in [6.07, 6.45) is 6.73. The van der Waals surface area contributed by atoms with Crippen LogP contribution in [0.4, 0.5) is 0 Å².